The Hall–Kier alpha value is -1.51. The van der Waals surface area contributed by atoms with Gasteiger partial charge in [0.2, 0.25) is 5.91 Å². The van der Waals surface area contributed by atoms with E-state index in [0.29, 0.717) is 0 Å². The molecule has 0 radical (unpaired) electrons. The Bertz CT molecular complexity index is 544. The summed E-state index contributed by atoms with van der Waals surface area (Å²) in [6.45, 7) is 4.36. The quantitative estimate of drug-likeness (QED) is 0.869. The summed E-state index contributed by atoms with van der Waals surface area (Å²) in [5.41, 5.74) is 0.980. The predicted octanol–water partition coefficient (Wildman–Crippen LogP) is 4.77. The third kappa shape index (κ3) is 3.39. The molecule has 1 aromatic rings. The zero-order valence-electron chi connectivity index (χ0n) is 14.4. The molecule has 0 saturated heterocycles. The van der Waals surface area contributed by atoms with Crippen LogP contribution in [0, 0.1) is 5.92 Å². The summed E-state index contributed by atoms with van der Waals surface area (Å²) in [6, 6.07) is 8.26. The first kappa shape index (κ1) is 16.4. The number of nitrogens with one attached hydrogen (secondary N) is 1. The minimum Gasteiger partial charge on any atom is -0.487 e. The van der Waals surface area contributed by atoms with Gasteiger partial charge < -0.3 is 10.1 Å². The molecular weight excluding hydrogens is 286 g/mol. The fraction of sp³-hybridized carbons (Fsp3) is 0.650. The van der Waals surface area contributed by atoms with E-state index < -0.39 is 0 Å². The molecule has 1 amide bonds. The van der Waals surface area contributed by atoms with E-state index in [1.807, 2.05) is 18.2 Å². The second kappa shape index (κ2) is 6.94. The maximum absolute atomic E-state index is 12.7. The zero-order valence-corrected chi connectivity index (χ0v) is 14.4. The summed E-state index contributed by atoms with van der Waals surface area (Å²) in [6.07, 6.45) is 8.55. The van der Waals surface area contributed by atoms with Crippen molar-refractivity contribution in [3.63, 3.8) is 0 Å². The second-order valence-electron chi connectivity index (χ2n) is 7.13. The molecule has 1 atom stereocenters. The van der Waals surface area contributed by atoms with Crippen LogP contribution in [0.5, 0.6) is 5.75 Å². The van der Waals surface area contributed by atoms with E-state index in [1.165, 1.54) is 19.3 Å². The first-order valence-electron chi connectivity index (χ1n) is 9.26. The molecule has 23 heavy (non-hydrogen) atoms. The van der Waals surface area contributed by atoms with E-state index in [-0.39, 0.29) is 23.5 Å². The molecule has 0 unspecified atom stereocenters. The SMILES string of the molecule is CCC1(CC)C[C@@H](NC(=O)C2CCCCC2)c2ccccc2O1. The van der Waals surface area contributed by atoms with Crippen LogP contribution in [0.25, 0.3) is 0 Å². The van der Waals surface area contributed by atoms with Crippen molar-refractivity contribution in [2.45, 2.75) is 76.9 Å². The molecular formula is C20H29NO2. The van der Waals surface area contributed by atoms with Crippen molar-refractivity contribution in [3.8, 4) is 5.75 Å². The minimum atomic E-state index is -0.154. The van der Waals surface area contributed by atoms with Gasteiger partial charge in [-0.1, -0.05) is 51.3 Å². The average Bonchev–Trinajstić information content (AvgIpc) is 2.62. The fourth-order valence-corrected chi connectivity index (χ4v) is 4.08. The maximum atomic E-state index is 12.7. The highest BCUT2D eigenvalue weighted by atomic mass is 16.5. The summed E-state index contributed by atoms with van der Waals surface area (Å²) >= 11 is 0. The van der Waals surface area contributed by atoms with E-state index in [9.17, 15) is 4.79 Å². The van der Waals surface area contributed by atoms with Gasteiger partial charge in [0.1, 0.15) is 11.4 Å². The summed E-state index contributed by atoms with van der Waals surface area (Å²) in [5.74, 6) is 1.39. The van der Waals surface area contributed by atoms with Crippen molar-refractivity contribution in [2.24, 2.45) is 5.92 Å². The molecule has 1 heterocycles. The van der Waals surface area contributed by atoms with Gasteiger partial charge in [-0.2, -0.15) is 0 Å². The van der Waals surface area contributed by atoms with Gasteiger partial charge in [0, 0.05) is 17.9 Å². The molecule has 126 valence electrons. The Balaban J connectivity index is 1.80. The van der Waals surface area contributed by atoms with Gasteiger partial charge in [0.15, 0.2) is 0 Å². The number of hydrogen-bond donors (Lipinski definition) is 1. The molecule has 1 N–H and O–H groups in total. The summed E-state index contributed by atoms with van der Waals surface area (Å²) < 4.78 is 6.32. The van der Waals surface area contributed by atoms with Gasteiger partial charge in [-0.05, 0) is 31.7 Å². The fourth-order valence-electron chi connectivity index (χ4n) is 4.08. The number of carbonyl (C=O) groups is 1. The second-order valence-corrected chi connectivity index (χ2v) is 7.13. The summed E-state index contributed by atoms with van der Waals surface area (Å²) in [4.78, 5) is 12.7. The molecule has 2 aliphatic rings. The van der Waals surface area contributed by atoms with Gasteiger partial charge in [-0.15, -0.1) is 0 Å². The lowest BCUT2D eigenvalue weighted by molar-refractivity contribution is -0.127. The third-order valence-corrected chi connectivity index (χ3v) is 5.78. The average molecular weight is 315 g/mol. The number of amides is 1. The van der Waals surface area contributed by atoms with Crippen LogP contribution in [0.2, 0.25) is 0 Å². The van der Waals surface area contributed by atoms with E-state index in [0.717, 1.165) is 43.4 Å². The van der Waals surface area contributed by atoms with Crippen LogP contribution in [0.3, 0.4) is 0 Å². The van der Waals surface area contributed by atoms with E-state index >= 15 is 0 Å². The molecule has 1 aliphatic heterocycles. The first-order chi connectivity index (χ1) is 11.2. The van der Waals surface area contributed by atoms with Crippen molar-refractivity contribution < 1.29 is 9.53 Å². The monoisotopic (exact) mass is 315 g/mol. The van der Waals surface area contributed by atoms with Crippen molar-refractivity contribution >= 4 is 5.91 Å². The number of hydrogen-bond acceptors (Lipinski definition) is 2. The van der Waals surface area contributed by atoms with Crippen LogP contribution in [-0.4, -0.2) is 11.5 Å². The topological polar surface area (TPSA) is 38.3 Å². The number of rotatable bonds is 4. The van der Waals surface area contributed by atoms with Crippen LogP contribution in [-0.2, 0) is 4.79 Å². The Kier molecular flexibility index (Phi) is 4.93. The smallest absolute Gasteiger partial charge is 0.223 e. The lowest BCUT2D eigenvalue weighted by Gasteiger charge is -2.42. The van der Waals surface area contributed by atoms with Crippen LogP contribution in [0.1, 0.15) is 76.8 Å². The Morgan fingerprint density at radius 2 is 1.87 bits per heavy atom. The van der Waals surface area contributed by atoms with Crippen molar-refractivity contribution in [2.75, 3.05) is 0 Å². The summed E-state index contributed by atoms with van der Waals surface area (Å²) in [7, 11) is 0. The highest BCUT2D eigenvalue weighted by molar-refractivity contribution is 5.79. The molecule has 1 aromatic carbocycles. The van der Waals surface area contributed by atoms with Crippen LogP contribution in [0.4, 0.5) is 0 Å². The van der Waals surface area contributed by atoms with Crippen LogP contribution >= 0.6 is 0 Å². The maximum Gasteiger partial charge on any atom is 0.223 e. The number of fused-ring (bicyclic) bond motifs is 1. The van der Waals surface area contributed by atoms with Gasteiger partial charge >= 0.3 is 0 Å². The Labute approximate surface area is 139 Å². The Morgan fingerprint density at radius 1 is 1.17 bits per heavy atom. The number of carbonyl (C=O) groups excluding carboxylic acids is 1. The molecule has 0 bridgehead atoms. The summed E-state index contributed by atoms with van der Waals surface area (Å²) in [5, 5.41) is 3.35. The normalized spacial score (nSPS) is 23.7. The van der Waals surface area contributed by atoms with Crippen molar-refractivity contribution in [1.82, 2.24) is 5.32 Å². The van der Waals surface area contributed by atoms with E-state index in [4.69, 9.17) is 4.74 Å². The molecule has 1 fully saturated rings. The van der Waals surface area contributed by atoms with E-state index in [2.05, 4.69) is 25.2 Å². The number of para-hydroxylation sites is 1. The van der Waals surface area contributed by atoms with Gasteiger partial charge in [-0.3, -0.25) is 4.79 Å². The lowest BCUT2D eigenvalue weighted by atomic mass is 9.82. The van der Waals surface area contributed by atoms with Crippen molar-refractivity contribution in [1.29, 1.82) is 0 Å². The molecule has 0 aromatic heterocycles. The number of benzene rings is 1. The molecule has 3 rings (SSSR count). The molecule has 1 aliphatic carbocycles. The predicted molar refractivity (Wildman–Crippen MR) is 92.5 cm³/mol. The van der Waals surface area contributed by atoms with Gasteiger partial charge in [0.05, 0.1) is 6.04 Å². The minimum absolute atomic E-state index is 0.0780. The first-order valence-corrected chi connectivity index (χ1v) is 9.26. The standard InChI is InChI=1S/C20H29NO2/c1-3-20(4-2)14-17(16-12-8-9-13-18(16)23-20)21-19(22)15-10-6-5-7-11-15/h8-9,12-13,15,17H,3-7,10-11,14H2,1-2H3,(H,21,22)/t17-/m1/s1. The molecule has 3 heteroatoms. The zero-order chi connectivity index (χ0) is 16.3. The van der Waals surface area contributed by atoms with Gasteiger partial charge in [-0.25, -0.2) is 0 Å². The van der Waals surface area contributed by atoms with Crippen LogP contribution in [0.15, 0.2) is 24.3 Å². The molecule has 3 nitrogen and oxygen atoms in total. The van der Waals surface area contributed by atoms with Crippen molar-refractivity contribution in [3.05, 3.63) is 29.8 Å². The Morgan fingerprint density at radius 3 is 2.57 bits per heavy atom. The molecule has 1 saturated carbocycles. The van der Waals surface area contributed by atoms with E-state index in [1.54, 1.807) is 0 Å². The molecule has 0 spiro atoms. The highest BCUT2D eigenvalue weighted by Crippen LogP contribution is 2.42. The number of ether oxygens (including phenoxy) is 1. The highest BCUT2D eigenvalue weighted by Gasteiger charge is 2.39. The third-order valence-electron chi connectivity index (χ3n) is 5.78. The lowest BCUT2D eigenvalue weighted by Crippen LogP contribution is -2.45. The van der Waals surface area contributed by atoms with Crippen LogP contribution < -0.4 is 10.1 Å². The largest absolute Gasteiger partial charge is 0.487 e. The van der Waals surface area contributed by atoms with Gasteiger partial charge in [0.25, 0.3) is 0 Å².